The summed E-state index contributed by atoms with van der Waals surface area (Å²) in [5.74, 6) is 0.615. The van der Waals surface area contributed by atoms with Gasteiger partial charge in [-0.1, -0.05) is 26.0 Å². The van der Waals surface area contributed by atoms with Gasteiger partial charge in [-0.3, -0.25) is 0 Å². The van der Waals surface area contributed by atoms with Crippen LogP contribution in [-0.4, -0.2) is 24.9 Å². The summed E-state index contributed by atoms with van der Waals surface area (Å²) in [5.41, 5.74) is 1.33. The van der Waals surface area contributed by atoms with Crippen LogP contribution in [0.15, 0.2) is 12.2 Å². The summed E-state index contributed by atoms with van der Waals surface area (Å²) < 4.78 is 5.59. The molecule has 0 amide bonds. The highest BCUT2D eigenvalue weighted by Gasteiger charge is 2.43. The van der Waals surface area contributed by atoms with Crippen LogP contribution in [0.5, 0.6) is 0 Å². The summed E-state index contributed by atoms with van der Waals surface area (Å²) in [5, 5.41) is 9.52. The molecule has 0 spiro atoms. The molecule has 1 aliphatic carbocycles. The maximum absolute atomic E-state index is 9.52. The summed E-state index contributed by atoms with van der Waals surface area (Å²) in [6, 6.07) is 0. The van der Waals surface area contributed by atoms with Gasteiger partial charge in [0.1, 0.15) is 0 Å². The zero-order chi connectivity index (χ0) is 11.6. The number of hydrogen-bond donors (Lipinski definition) is 1. The molecule has 0 radical (unpaired) electrons. The fraction of sp³-hybridized carbons (Fsp3) is 0.846. The molecule has 0 heterocycles. The first-order valence-electron chi connectivity index (χ1n) is 5.73. The Bertz CT molecular complexity index is 233. The topological polar surface area (TPSA) is 29.5 Å². The van der Waals surface area contributed by atoms with Crippen LogP contribution in [0.1, 0.15) is 33.6 Å². The van der Waals surface area contributed by atoms with Gasteiger partial charge in [0.15, 0.2) is 0 Å². The van der Waals surface area contributed by atoms with E-state index in [4.69, 9.17) is 4.74 Å². The molecule has 1 aliphatic rings. The Morgan fingerprint density at radius 3 is 2.53 bits per heavy atom. The van der Waals surface area contributed by atoms with E-state index in [2.05, 4.69) is 27.4 Å². The van der Waals surface area contributed by atoms with Gasteiger partial charge in [0.05, 0.1) is 6.10 Å². The van der Waals surface area contributed by atoms with Gasteiger partial charge in [0, 0.05) is 19.6 Å². The number of hydrogen-bond acceptors (Lipinski definition) is 2. The molecule has 15 heavy (non-hydrogen) atoms. The van der Waals surface area contributed by atoms with E-state index in [1.165, 1.54) is 5.57 Å². The number of aliphatic hydroxyl groups is 1. The molecule has 88 valence electrons. The fourth-order valence-corrected chi connectivity index (χ4v) is 3.00. The minimum Gasteiger partial charge on any atom is -0.396 e. The molecular weight excluding hydrogens is 188 g/mol. The monoisotopic (exact) mass is 212 g/mol. The number of aliphatic hydroxyl groups excluding tert-OH is 1. The van der Waals surface area contributed by atoms with Crippen molar-refractivity contribution < 1.29 is 9.84 Å². The minimum absolute atomic E-state index is 0.137. The third-order valence-electron chi connectivity index (χ3n) is 3.87. The number of allylic oxidation sites excluding steroid dienone is 1. The van der Waals surface area contributed by atoms with Gasteiger partial charge < -0.3 is 9.84 Å². The van der Waals surface area contributed by atoms with Crippen molar-refractivity contribution in [3.8, 4) is 0 Å². The summed E-state index contributed by atoms with van der Waals surface area (Å²) in [6.07, 6.45) is 2.39. The summed E-state index contributed by atoms with van der Waals surface area (Å²) in [7, 11) is 1.75. The highest BCUT2D eigenvalue weighted by atomic mass is 16.5. The van der Waals surface area contributed by atoms with Crippen LogP contribution in [0.4, 0.5) is 0 Å². The second-order valence-electron chi connectivity index (χ2n) is 5.48. The highest BCUT2D eigenvalue weighted by molar-refractivity contribution is 5.06. The molecule has 3 unspecified atom stereocenters. The molecule has 0 aliphatic heterocycles. The first-order chi connectivity index (χ1) is 6.94. The molecule has 3 atom stereocenters. The van der Waals surface area contributed by atoms with Gasteiger partial charge in [-0.15, -0.1) is 0 Å². The zero-order valence-corrected chi connectivity index (χ0v) is 10.4. The maximum Gasteiger partial charge on any atom is 0.0677 e. The van der Waals surface area contributed by atoms with E-state index in [-0.39, 0.29) is 24.0 Å². The molecule has 1 fully saturated rings. The van der Waals surface area contributed by atoms with E-state index in [1.807, 2.05) is 0 Å². The van der Waals surface area contributed by atoms with Crippen LogP contribution < -0.4 is 0 Å². The van der Waals surface area contributed by atoms with E-state index in [9.17, 15) is 5.11 Å². The first kappa shape index (κ1) is 12.7. The Hall–Kier alpha value is -0.340. The predicted molar refractivity (Wildman–Crippen MR) is 62.7 cm³/mol. The number of ether oxygens (including phenoxy) is 1. The summed E-state index contributed by atoms with van der Waals surface area (Å²) in [6.45, 7) is 10.7. The molecule has 0 bridgehead atoms. The molecule has 0 aromatic heterocycles. The van der Waals surface area contributed by atoms with Crippen molar-refractivity contribution in [3.05, 3.63) is 12.2 Å². The summed E-state index contributed by atoms with van der Waals surface area (Å²) >= 11 is 0. The van der Waals surface area contributed by atoms with Crippen LogP contribution in [0.2, 0.25) is 0 Å². The van der Waals surface area contributed by atoms with Crippen molar-refractivity contribution in [1.82, 2.24) is 0 Å². The molecule has 1 saturated carbocycles. The second-order valence-corrected chi connectivity index (χ2v) is 5.48. The molecule has 0 saturated heterocycles. The molecule has 0 aromatic rings. The molecule has 2 nitrogen and oxygen atoms in total. The van der Waals surface area contributed by atoms with Crippen molar-refractivity contribution in [2.75, 3.05) is 13.7 Å². The Kier molecular flexibility index (Phi) is 3.96. The second kappa shape index (κ2) is 4.67. The predicted octanol–water partition coefficient (Wildman–Crippen LogP) is 2.62. The third-order valence-corrected chi connectivity index (χ3v) is 3.87. The Balaban J connectivity index is 2.89. The van der Waals surface area contributed by atoms with Crippen molar-refractivity contribution in [2.24, 2.45) is 17.3 Å². The molecular formula is C13H24O2. The van der Waals surface area contributed by atoms with Gasteiger partial charge in [-0.25, -0.2) is 0 Å². The minimum atomic E-state index is 0.137. The lowest BCUT2D eigenvalue weighted by Gasteiger charge is -2.46. The smallest absolute Gasteiger partial charge is 0.0677 e. The van der Waals surface area contributed by atoms with E-state index in [1.54, 1.807) is 7.11 Å². The highest BCUT2D eigenvalue weighted by Crippen LogP contribution is 2.45. The quantitative estimate of drug-likeness (QED) is 0.729. The van der Waals surface area contributed by atoms with Crippen molar-refractivity contribution in [1.29, 1.82) is 0 Å². The van der Waals surface area contributed by atoms with Gasteiger partial charge >= 0.3 is 0 Å². The van der Waals surface area contributed by atoms with Gasteiger partial charge in [0.2, 0.25) is 0 Å². The SMILES string of the molecule is C=C(C)C1CCC(C)(C)C(OC)C1CO. The van der Waals surface area contributed by atoms with Crippen molar-refractivity contribution in [3.63, 3.8) is 0 Å². The number of methoxy groups -OCH3 is 1. The molecule has 2 heteroatoms. The van der Waals surface area contributed by atoms with E-state index in [0.717, 1.165) is 12.8 Å². The average molecular weight is 212 g/mol. The average Bonchev–Trinajstić information content (AvgIpc) is 2.15. The standard InChI is InChI=1S/C13H24O2/c1-9(2)10-6-7-13(3,4)12(15-5)11(10)8-14/h10-12,14H,1,6-8H2,2-5H3. The van der Waals surface area contributed by atoms with Crippen LogP contribution in [0.3, 0.4) is 0 Å². The van der Waals surface area contributed by atoms with Gasteiger partial charge in [-0.2, -0.15) is 0 Å². The normalized spacial score (nSPS) is 35.1. The van der Waals surface area contributed by atoms with E-state index >= 15 is 0 Å². The largest absolute Gasteiger partial charge is 0.396 e. The molecule has 0 aromatic carbocycles. The molecule has 1 rings (SSSR count). The van der Waals surface area contributed by atoms with Gasteiger partial charge in [0.25, 0.3) is 0 Å². The van der Waals surface area contributed by atoms with Crippen LogP contribution >= 0.6 is 0 Å². The zero-order valence-electron chi connectivity index (χ0n) is 10.4. The number of rotatable bonds is 3. The Labute approximate surface area is 93.3 Å². The van der Waals surface area contributed by atoms with Gasteiger partial charge in [-0.05, 0) is 31.1 Å². The lowest BCUT2D eigenvalue weighted by molar-refractivity contribution is -0.0931. The van der Waals surface area contributed by atoms with Crippen LogP contribution in [0.25, 0.3) is 0 Å². The van der Waals surface area contributed by atoms with Crippen LogP contribution in [-0.2, 0) is 4.74 Å². The summed E-state index contributed by atoms with van der Waals surface area (Å²) in [4.78, 5) is 0. The third kappa shape index (κ3) is 2.43. The lowest BCUT2D eigenvalue weighted by atomic mass is 9.63. The van der Waals surface area contributed by atoms with Crippen LogP contribution in [0, 0.1) is 17.3 Å². The fourth-order valence-electron chi connectivity index (χ4n) is 3.00. The lowest BCUT2D eigenvalue weighted by Crippen LogP contribution is -2.47. The molecule has 1 N–H and O–H groups in total. The van der Waals surface area contributed by atoms with E-state index in [0.29, 0.717) is 5.92 Å². The van der Waals surface area contributed by atoms with E-state index < -0.39 is 0 Å². The van der Waals surface area contributed by atoms with Crippen molar-refractivity contribution >= 4 is 0 Å². The maximum atomic E-state index is 9.52. The Morgan fingerprint density at radius 1 is 1.53 bits per heavy atom. The van der Waals surface area contributed by atoms with Crippen molar-refractivity contribution in [2.45, 2.75) is 39.7 Å². The first-order valence-corrected chi connectivity index (χ1v) is 5.73. The Morgan fingerprint density at radius 2 is 2.13 bits per heavy atom.